The molecule has 0 aliphatic heterocycles. The Bertz CT molecular complexity index is 764. The second kappa shape index (κ2) is 7.59. The highest BCUT2D eigenvalue weighted by molar-refractivity contribution is 5.94. The summed E-state index contributed by atoms with van der Waals surface area (Å²) < 4.78 is 1.78. The normalized spacial score (nSPS) is 10.5. The number of carbonyl (C=O) groups excluding carboxylic acids is 1. The topological polar surface area (TPSA) is 38.1 Å². The summed E-state index contributed by atoms with van der Waals surface area (Å²) in [5.74, 6) is 0.0699. The maximum absolute atomic E-state index is 12.7. The van der Waals surface area contributed by atoms with Crippen molar-refractivity contribution in [3.63, 3.8) is 0 Å². The van der Waals surface area contributed by atoms with Crippen molar-refractivity contribution >= 4 is 5.91 Å². The van der Waals surface area contributed by atoms with Gasteiger partial charge in [0, 0.05) is 31.0 Å². The van der Waals surface area contributed by atoms with Gasteiger partial charge in [0.05, 0.1) is 5.69 Å². The van der Waals surface area contributed by atoms with E-state index in [2.05, 4.69) is 17.2 Å². The molecule has 0 saturated carbocycles. The molecule has 0 N–H and O–H groups in total. The average molecular weight is 319 g/mol. The molecule has 1 aromatic heterocycles. The Morgan fingerprint density at radius 1 is 1.04 bits per heavy atom. The van der Waals surface area contributed by atoms with Gasteiger partial charge in [0.1, 0.15) is 0 Å². The number of rotatable bonds is 6. The highest BCUT2D eigenvalue weighted by Gasteiger charge is 2.14. The van der Waals surface area contributed by atoms with Crippen LogP contribution in [0, 0.1) is 0 Å². The van der Waals surface area contributed by atoms with Crippen LogP contribution in [0.5, 0.6) is 0 Å². The molecule has 122 valence electrons. The zero-order valence-electron chi connectivity index (χ0n) is 13.8. The highest BCUT2D eigenvalue weighted by atomic mass is 16.2. The number of carbonyl (C=O) groups is 1. The van der Waals surface area contributed by atoms with Gasteiger partial charge >= 0.3 is 0 Å². The van der Waals surface area contributed by atoms with E-state index in [4.69, 9.17) is 0 Å². The zero-order chi connectivity index (χ0) is 16.8. The van der Waals surface area contributed by atoms with E-state index in [-0.39, 0.29) is 5.91 Å². The fraction of sp³-hybridized carbons (Fsp3) is 0.200. The monoisotopic (exact) mass is 319 g/mol. The van der Waals surface area contributed by atoms with Gasteiger partial charge in [-0.05, 0) is 49.2 Å². The van der Waals surface area contributed by atoms with Crippen molar-refractivity contribution in [3.05, 3.63) is 84.2 Å². The minimum atomic E-state index is 0.0699. The van der Waals surface area contributed by atoms with Gasteiger partial charge in [-0.1, -0.05) is 30.3 Å². The molecule has 0 fully saturated rings. The summed E-state index contributed by atoms with van der Waals surface area (Å²) >= 11 is 0. The van der Waals surface area contributed by atoms with Crippen molar-refractivity contribution in [2.45, 2.75) is 13.3 Å². The fourth-order valence-electron chi connectivity index (χ4n) is 2.67. The zero-order valence-corrected chi connectivity index (χ0v) is 13.8. The van der Waals surface area contributed by atoms with Crippen molar-refractivity contribution in [1.29, 1.82) is 0 Å². The summed E-state index contributed by atoms with van der Waals surface area (Å²) in [6.07, 6.45) is 4.49. The van der Waals surface area contributed by atoms with Gasteiger partial charge in [-0.2, -0.15) is 5.10 Å². The van der Waals surface area contributed by atoms with E-state index < -0.39 is 0 Å². The molecular formula is C20H21N3O. The van der Waals surface area contributed by atoms with Crippen molar-refractivity contribution in [2.24, 2.45) is 0 Å². The summed E-state index contributed by atoms with van der Waals surface area (Å²) in [7, 11) is 0. The molecule has 1 heterocycles. The minimum absolute atomic E-state index is 0.0699. The Kier molecular flexibility index (Phi) is 5.06. The molecule has 0 unspecified atom stereocenters. The van der Waals surface area contributed by atoms with Gasteiger partial charge in [0.2, 0.25) is 0 Å². The number of amides is 1. The van der Waals surface area contributed by atoms with Crippen molar-refractivity contribution in [3.8, 4) is 5.69 Å². The number of hydrogen-bond acceptors (Lipinski definition) is 2. The van der Waals surface area contributed by atoms with E-state index in [1.54, 1.807) is 10.9 Å². The van der Waals surface area contributed by atoms with Crippen LogP contribution in [-0.4, -0.2) is 33.7 Å². The minimum Gasteiger partial charge on any atom is -0.339 e. The van der Waals surface area contributed by atoms with Crippen LogP contribution in [0.2, 0.25) is 0 Å². The van der Waals surface area contributed by atoms with E-state index in [1.165, 1.54) is 5.56 Å². The molecule has 0 radical (unpaired) electrons. The van der Waals surface area contributed by atoms with E-state index in [9.17, 15) is 4.79 Å². The maximum atomic E-state index is 12.7. The fourth-order valence-corrected chi connectivity index (χ4v) is 2.67. The van der Waals surface area contributed by atoms with Crippen LogP contribution in [0.1, 0.15) is 22.8 Å². The third kappa shape index (κ3) is 3.71. The number of aromatic nitrogens is 2. The SMILES string of the molecule is CCN(CCc1ccccc1)C(=O)c1ccc(-n2cccn2)cc1. The number of hydrogen-bond donors (Lipinski definition) is 0. The first kappa shape index (κ1) is 16.0. The molecule has 4 nitrogen and oxygen atoms in total. The highest BCUT2D eigenvalue weighted by Crippen LogP contribution is 2.12. The predicted octanol–water partition coefficient (Wildman–Crippen LogP) is 3.58. The second-order valence-electron chi connectivity index (χ2n) is 5.62. The third-order valence-electron chi connectivity index (χ3n) is 4.07. The molecule has 24 heavy (non-hydrogen) atoms. The van der Waals surface area contributed by atoms with Gasteiger partial charge in [0.25, 0.3) is 5.91 Å². The molecular weight excluding hydrogens is 298 g/mol. The summed E-state index contributed by atoms with van der Waals surface area (Å²) in [5, 5.41) is 4.20. The Balaban J connectivity index is 1.67. The lowest BCUT2D eigenvalue weighted by Crippen LogP contribution is -2.32. The molecule has 0 aliphatic rings. The molecule has 0 atom stereocenters. The predicted molar refractivity (Wildman–Crippen MR) is 95.3 cm³/mol. The van der Waals surface area contributed by atoms with Crippen molar-refractivity contribution in [1.82, 2.24) is 14.7 Å². The largest absolute Gasteiger partial charge is 0.339 e. The van der Waals surface area contributed by atoms with Crippen LogP contribution in [0.3, 0.4) is 0 Å². The summed E-state index contributed by atoms with van der Waals surface area (Å²) in [6.45, 7) is 3.44. The van der Waals surface area contributed by atoms with Crippen LogP contribution < -0.4 is 0 Å². The Morgan fingerprint density at radius 2 is 1.79 bits per heavy atom. The molecule has 0 spiro atoms. The van der Waals surface area contributed by atoms with Gasteiger partial charge in [-0.3, -0.25) is 4.79 Å². The molecule has 0 bridgehead atoms. The number of benzene rings is 2. The van der Waals surface area contributed by atoms with Crippen molar-refractivity contribution in [2.75, 3.05) is 13.1 Å². The Labute approximate surface area is 142 Å². The average Bonchev–Trinajstić information content (AvgIpc) is 3.18. The number of likely N-dealkylation sites (N-methyl/N-ethyl adjacent to an activating group) is 1. The van der Waals surface area contributed by atoms with Crippen LogP contribution in [0.4, 0.5) is 0 Å². The molecule has 0 aliphatic carbocycles. The lowest BCUT2D eigenvalue weighted by Gasteiger charge is -2.21. The maximum Gasteiger partial charge on any atom is 0.253 e. The Morgan fingerprint density at radius 3 is 2.42 bits per heavy atom. The van der Waals surface area contributed by atoms with Crippen LogP contribution >= 0.6 is 0 Å². The third-order valence-corrected chi connectivity index (χ3v) is 4.07. The van der Waals surface area contributed by atoms with Crippen LogP contribution in [0.15, 0.2) is 73.1 Å². The number of nitrogens with zero attached hydrogens (tertiary/aromatic N) is 3. The summed E-state index contributed by atoms with van der Waals surface area (Å²) in [6, 6.07) is 19.7. The molecule has 4 heteroatoms. The molecule has 2 aromatic carbocycles. The van der Waals surface area contributed by atoms with Crippen LogP contribution in [-0.2, 0) is 6.42 Å². The summed E-state index contributed by atoms with van der Waals surface area (Å²) in [4.78, 5) is 14.6. The first-order valence-electron chi connectivity index (χ1n) is 8.21. The van der Waals surface area contributed by atoms with E-state index in [1.807, 2.05) is 66.6 Å². The van der Waals surface area contributed by atoms with Gasteiger partial charge < -0.3 is 4.90 Å². The van der Waals surface area contributed by atoms with Gasteiger partial charge in [0.15, 0.2) is 0 Å². The summed E-state index contributed by atoms with van der Waals surface area (Å²) in [5.41, 5.74) is 2.91. The standard InChI is InChI=1S/C20H21N3O/c1-2-22(16-13-17-7-4-3-5-8-17)20(24)18-9-11-19(12-10-18)23-15-6-14-21-23/h3-12,14-15H,2,13,16H2,1H3. The van der Waals surface area contributed by atoms with E-state index >= 15 is 0 Å². The molecule has 3 rings (SSSR count). The Hall–Kier alpha value is -2.88. The van der Waals surface area contributed by atoms with Crippen LogP contribution in [0.25, 0.3) is 5.69 Å². The first-order chi connectivity index (χ1) is 11.8. The molecule has 3 aromatic rings. The van der Waals surface area contributed by atoms with E-state index in [0.29, 0.717) is 12.1 Å². The lowest BCUT2D eigenvalue weighted by atomic mass is 10.1. The first-order valence-corrected chi connectivity index (χ1v) is 8.21. The lowest BCUT2D eigenvalue weighted by molar-refractivity contribution is 0.0766. The molecule has 1 amide bonds. The second-order valence-corrected chi connectivity index (χ2v) is 5.62. The van der Waals surface area contributed by atoms with Gasteiger partial charge in [-0.25, -0.2) is 4.68 Å². The quantitative estimate of drug-likeness (QED) is 0.696. The molecule has 0 saturated heterocycles. The smallest absolute Gasteiger partial charge is 0.253 e. The van der Waals surface area contributed by atoms with E-state index in [0.717, 1.165) is 18.7 Å². The van der Waals surface area contributed by atoms with Crippen molar-refractivity contribution < 1.29 is 4.79 Å². The van der Waals surface area contributed by atoms with Gasteiger partial charge in [-0.15, -0.1) is 0 Å².